The van der Waals surface area contributed by atoms with Crippen LogP contribution in [0.15, 0.2) is 18.7 Å². The summed E-state index contributed by atoms with van der Waals surface area (Å²) in [4.78, 5) is 18.1. The van der Waals surface area contributed by atoms with Gasteiger partial charge < -0.3 is 14.8 Å². The highest BCUT2D eigenvalue weighted by atomic mass is 16.2. The predicted octanol–water partition coefficient (Wildman–Crippen LogP) is 0.0500. The Morgan fingerprint density at radius 2 is 2.38 bits per heavy atom. The molecule has 16 heavy (non-hydrogen) atoms. The second-order valence-corrected chi connectivity index (χ2v) is 4.48. The molecule has 0 aliphatic carbocycles. The van der Waals surface area contributed by atoms with Crippen LogP contribution < -0.4 is 5.32 Å². The molecule has 1 amide bonds. The average molecular weight is 222 g/mol. The van der Waals surface area contributed by atoms with E-state index in [1.54, 1.807) is 31.5 Å². The van der Waals surface area contributed by atoms with Gasteiger partial charge in [-0.2, -0.15) is 0 Å². The van der Waals surface area contributed by atoms with Crippen molar-refractivity contribution >= 4 is 5.91 Å². The van der Waals surface area contributed by atoms with Gasteiger partial charge in [-0.25, -0.2) is 4.98 Å². The molecule has 5 heteroatoms. The average Bonchev–Trinajstić information content (AvgIpc) is 2.82. The number of carbonyl (C=O) groups is 1. The molecule has 1 unspecified atom stereocenters. The Bertz CT molecular complexity index is 352. The van der Waals surface area contributed by atoms with Crippen LogP contribution in [0.25, 0.3) is 0 Å². The summed E-state index contributed by atoms with van der Waals surface area (Å²) >= 11 is 0. The quantitative estimate of drug-likeness (QED) is 0.769. The molecule has 0 bridgehead atoms. The van der Waals surface area contributed by atoms with Gasteiger partial charge in [0, 0.05) is 33.0 Å². The van der Waals surface area contributed by atoms with Crippen molar-refractivity contribution in [2.45, 2.75) is 18.4 Å². The first-order valence-electron chi connectivity index (χ1n) is 5.58. The first kappa shape index (κ1) is 11.1. The standard InChI is InChI=1S/C11H18N4O/c1-14(2)10(16)11(4-3-5-12-8-11)15-7-6-13-9-15/h6-7,9,12H,3-5,8H2,1-2H3. The van der Waals surface area contributed by atoms with E-state index in [4.69, 9.17) is 0 Å². The molecule has 1 aromatic heterocycles. The van der Waals surface area contributed by atoms with Gasteiger partial charge in [0.05, 0.1) is 6.33 Å². The molecule has 5 nitrogen and oxygen atoms in total. The summed E-state index contributed by atoms with van der Waals surface area (Å²) in [5, 5.41) is 3.30. The molecule has 0 saturated carbocycles. The van der Waals surface area contributed by atoms with E-state index in [2.05, 4.69) is 10.3 Å². The summed E-state index contributed by atoms with van der Waals surface area (Å²) in [6, 6.07) is 0. The van der Waals surface area contributed by atoms with Crippen molar-refractivity contribution in [1.29, 1.82) is 0 Å². The number of carbonyl (C=O) groups excluding carboxylic acids is 1. The lowest BCUT2D eigenvalue weighted by Crippen LogP contribution is -2.56. The minimum Gasteiger partial charge on any atom is -0.347 e. The summed E-state index contributed by atoms with van der Waals surface area (Å²) in [7, 11) is 3.60. The highest BCUT2D eigenvalue weighted by molar-refractivity contribution is 5.84. The largest absolute Gasteiger partial charge is 0.347 e. The van der Waals surface area contributed by atoms with Gasteiger partial charge in [-0.1, -0.05) is 0 Å². The van der Waals surface area contributed by atoms with Gasteiger partial charge in [-0.05, 0) is 19.4 Å². The van der Waals surface area contributed by atoms with E-state index in [1.807, 2.05) is 10.8 Å². The molecule has 1 atom stereocenters. The highest BCUT2D eigenvalue weighted by Crippen LogP contribution is 2.26. The van der Waals surface area contributed by atoms with Gasteiger partial charge in [-0.3, -0.25) is 4.79 Å². The second kappa shape index (κ2) is 4.25. The van der Waals surface area contributed by atoms with E-state index >= 15 is 0 Å². The van der Waals surface area contributed by atoms with Crippen molar-refractivity contribution in [1.82, 2.24) is 19.8 Å². The molecule has 1 fully saturated rings. The Labute approximate surface area is 95.5 Å². The van der Waals surface area contributed by atoms with E-state index in [-0.39, 0.29) is 5.91 Å². The Hall–Kier alpha value is -1.36. The normalized spacial score (nSPS) is 25.4. The Kier molecular flexibility index (Phi) is 2.96. The van der Waals surface area contributed by atoms with E-state index < -0.39 is 5.54 Å². The Morgan fingerprint density at radius 3 is 2.88 bits per heavy atom. The van der Waals surface area contributed by atoms with Crippen LogP contribution in [0.2, 0.25) is 0 Å². The molecular formula is C11H18N4O. The lowest BCUT2D eigenvalue weighted by Gasteiger charge is -2.39. The maximum atomic E-state index is 12.4. The van der Waals surface area contributed by atoms with E-state index in [1.165, 1.54) is 0 Å². The van der Waals surface area contributed by atoms with Gasteiger partial charge >= 0.3 is 0 Å². The number of piperidine rings is 1. The molecule has 0 aromatic carbocycles. The first-order valence-corrected chi connectivity index (χ1v) is 5.58. The molecule has 88 valence electrons. The lowest BCUT2D eigenvalue weighted by atomic mass is 9.88. The first-order chi connectivity index (χ1) is 7.67. The smallest absolute Gasteiger partial charge is 0.249 e. The van der Waals surface area contributed by atoms with Gasteiger partial charge in [-0.15, -0.1) is 0 Å². The van der Waals surface area contributed by atoms with E-state index in [0.29, 0.717) is 6.54 Å². The van der Waals surface area contributed by atoms with Crippen molar-refractivity contribution < 1.29 is 4.79 Å². The van der Waals surface area contributed by atoms with E-state index in [0.717, 1.165) is 19.4 Å². The van der Waals surface area contributed by atoms with Crippen LogP contribution in [0.4, 0.5) is 0 Å². The Balaban J connectivity index is 2.36. The molecule has 0 radical (unpaired) electrons. The van der Waals surface area contributed by atoms with Crippen molar-refractivity contribution in [2.75, 3.05) is 27.2 Å². The summed E-state index contributed by atoms with van der Waals surface area (Å²) in [5.41, 5.74) is -0.488. The zero-order valence-electron chi connectivity index (χ0n) is 9.81. The SMILES string of the molecule is CN(C)C(=O)C1(n2ccnc2)CCCNC1. The summed E-state index contributed by atoms with van der Waals surface area (Å²) in [6.07, 6.45) is 7.20. The number of rotatable bonds is 2. The molecule has 1 aromatic rings. The topological polar surface area (TPSA) is 50.2 Å². The molecular weight excluding hydrogens is 204 g/mol. The lowest BCUT2D eigenvalue weighted by molar-refractivity contribution is -0.139. The van der Waals surface area contributed by atoms with Crippen molar-refractivity contribution in [3.05, 3.63) is 18.7 Å². The van der Waals surface area contributed by atoms with Crippen LogP contribution in [0.1, 0.15) is 12.8 Å². The summed E-state index contributed by atoms with van der Waals surface area (Å²) in [6.45, 7) is 1.66. The number of hydrogen-bond donors (Lipinski definition) is 1. The molecule has 0 spiro atoms. The minimum atomic E-state index is -0.488. The third-order valence-corrected chi connectivity index (χ3v) is 3.16. The van der Waals surface area contributed by atoms with Crippen LogP contribution in [0.5, 0.6) is 0 Å². The fourth-order valence-electron chi connectivity index (χ4n) is 2.33. The monoisotopic (exact) mass is 222 g/mol. The number of imidazole rings is 1. The Morgan fingerprint density at radius 1 is 1.56 bits per heavy atom. The fourth-order valence-corrected chi connectivity index (χ4v) is 2.33. The van der Waals surface area contributed by atoms with Crippen LogP contribution in [0, 0.1) is 0 Å². The number of amides is 1. The molecule has 2 heterocycles. The van der Waals surface area contributed by atoms with Gasteiger partial charge in [0.1, 0.15) is 5.54 Å². The number of aromatic nitrogens is 2. The maximum absolute atomic E-state index is 12.4. The van der Waals surface area contributed by atoms with Gasteiger partial charge in [0.15, 0.2) is 0 Å². The molecule has 1 saturated heterocycles. The summed E-state index contributed by atoms with van der Waals surface area (Å²) < 4.78 is 1.93. The molecule has 1 N–H and O–H groups in total. The van der Waals surface area contributed by atoms with Crippen LogP contribution in [0.3, 0.4) is 0 Å². The number of nitrogens with zero attached hydrogens (tertiary/aromatic N) is 3. The van der Waals surface area contributed by atoms with Crippen LogP contribution in [-0.2, 0) is 10.3 Å². The van der Waals surface area contributed by atoms with Gasteiger partial charge in [0.25, 0.3) is 0 Å². The molecule has 2 rings (SSSR count). The van der Waals surface area contributed by atoms with Crippen molar-refractivity contribution in [2.24, 2.45) is 0 Å². The number of likely N-dealkylation sites (N-methyl/N-ethyl adjacent to an activating group) is 1. The maximum Gasteiger partial charge on any atom is 0.249 e. The van der Waals surface area contributed by atoms with E-state index in [9.17, 15) is 4.79 Å². The summed E-state index contributed by atoms with van der Waals surface area (Å²) in [5.74, 6) is 0.137. The fraction of sp³-hybridized carbons (Fsp3) is 0.636. The van der Waals surface area contributed by atoms with Crippen LogP contribution in [-0.4, -0.2) is 47.5 Å². The third-order valence-electron chi connectivity index (χ3n) is 3.16. The highest BCUT2D eigenvalue weighted by Gasteiger charge is 2.41. The zero-order chi connectivity index (χ0) is 11.6. The van der Waals surface area contributed by atoms with Crippen molar-refractivity contribution in [3.63, 3.8) is 0 Å². The minimum absolute atomic E-state index is 0.137. The number of nitrogens with one attached hydrogen (secondary N) is 1. The van der Waals surface area contributed by atoms with Crippen molar-refractivity contribution in [3.8, 4) is 0 Å². The molecule has 1 aliphatic heterocycles. The number of hydrogen-bond acceptors (Lipinski definition) is 3. The van der Waals surface area contributed by atoms with Gasteiger partial charge in [0.2, 0.25) is 5.91 Å². The third kappa shape index (κ3) is 1.71. The second-order valence-electron chi connectivity index (χ2n) is 4.48. The van der Waals surface area contributed by atoms with Crippen LogP contribution >= 0.6 is 0 Å². The zero-order valence-corrected chi connectivity index (χ0v) is 9.81. The predicted molar refractivity (Wildman–Crippen MR) is 61.0 cm³/mol. The molecule has 1 aliphatic rings.